The van der Waals surface area contributed by atoms with Crippen LogP contribution in [0.5, 0.6) is 0 Å². The number of benzene rings is 2. The molecule has 3 aromatic rings. The summed E-state index contributed by atoms with van der Waals surface area (Å²) in [5.74, 6) is 0.277. The zero-order valence-electron chi connectivity index (χ0n) is 15.9. The predicted molar refractivity (Wildman–Crippen MR) is 114 cm³/mol. The van der Waals surface area contributed by atoms with Gasteiger partial charge >= 0.3 is 0 Å². The normalized spacial score (nSPS) is 14.2. The fourth-order valence-electron chi connectivity index (χ4n) is 3.52. The lowest BCUT2D eigenvalue weighted by atomic mass is 10.2. The van der Waals surface area contributed by atoms with E-state index < -0.39 is 0 Å². The average molecular weight is 412 g/mol. The zero-order valence-corrected chi connectivity index (χ0v) is 16.7. The van der Waals surface area contributed by atoms with Crippen LogP contribution in [-0.4, -0.2) is 53.1 Å². The van der Waals surface area contributed by atoms with Gasteiger partial charge in [-0.2, -0.15) is 5.10 Å². The van der Waals surface area contributed by atoms with Crippen molar-refractivity contribution in [3.63, 3.8) is 0 Å². The molecule has 0 radical (unpaired) electrons. The topological polar surface area (TPSA) is 81.3 Å². The van der Waals surface area contributed by atoms with Crippen molar-refractivity contribution in [3.8, 4) is 0 Å². The minimum Gasteiger partial charge on any atom is -0.368 e. The van der Waals surface area contributed by atoms with Crippen molar-refractivity contribution in [2.24, 2.45) is 0 Å². The minimum atomic E-state index is -0.215. The number of para-hydroxylation sites is 1. The number of carbonyl (C=O) groups is 2. The standard InChI is InChI=1S/C21H22ClN5O2/c22-15-4-3-5-16(14-15)26-10-12-27(13-11-26)20(29)9-8-19(28)23-21-17-6-1-2-7-18(17)24-25-21/h1-7,14H,8-13H2,(H2,23,24,25,28). The first-order valence-corrected chi connectivity index (χ1v) is 9.99. The third kappa shape index (κ3) is 4.51. The molecular weight excluding hydrogens is 390 g/mol. The highest BCUT2D eigenvalue weighted by atomic mass is 35.5. The van der Waals surface area contributed by atoms with Gasteiger partial charge in [-0.3, -0.25) is 14.7 Å². The summed E-state index contributed by atoms with van der Waals surface area (Å²) in [4.78, 5) is 28.8. The van der Waals surface area contributed by atoms with Crippen molar-refractivity contribution in [2.75, 3.05) is 36.4 Å². The molecule has 29 heavy (non-hydrogen) atoms. The Labute approximate surface area is 173 Å². The number of fused-ring (bicyclic) bond motifs is 1. The van der Waals surface area contributed by atoms with E-state index in [1.165, 1.54) is 0 Å². The summed E-state index contributed by atoms with van der Waals surface area (Å²) < 4.78 is 0. The summed E-state index contributed by atoms with van der Waals surface area (Å²) in [7, 11) is 0. The zero-order chi connectivity index (χ0) is 20.2. The second kappa shape index (κ2) is 8.53. The molecule has 1 aliphatic heterocycles. The molecule has 0 bridgehead atoms. The van der Waals surface area contributed by atoms with Crippen LogP contribution in [0.1, 0.15) is 12.8 Å². The van der Waals surface area contributed by atoms with Gasteiger partial charge in [0.15, 0.2) is 5.82 Å². The number of anilines is 2. The van der Waals surface area contributed by atoms with E-state index in [2.05, 4.69) is 20.4 Å². The molecule has 7 nitrogen and oxygen atoms in total. The Hall–Kier alpha value is -3.06. The third-order valence-corrected chi connectivity index (χ3v) is 5.33. The molecule has 0 atom stereocenters. The lowest BCUT2D eigenvalue weighted by Gasteiger charge is -2.36. The van der Waals surface area contributed by atoms with Gasteiger partial charge in [0, 0.05) is 55.1 Å². The number of nitrogens with zero attached hydrogens (tertiary/aromatic N) is 3. The Morgan fingerprint density at radius 1 is 1.03 bits per heavy atom. The molecule has 150 valence electrons. The molecule has 0 saturated carbocycles. The first kappa shape index (κ1) is 19.3. The van der Waals surface area contributed by atoms with Crippen molar-refractivity contribution in [2.45, 2.75) is 12.8 Å². The molecule has 8 heteroatoms. The minimum absolute atomic E-state index is 0.00206. The number of halogens is 1. The number of carbonyl (C=O) groups excluding carboxylic acids is 2. The van der Waals surface area contributed by atoms with E-state index in [4.69, 9.17) is 11.6 Å². The molecule has 1 saturated heterocycles. The van der Waals surface area contributed by atoms with Crippen LogP contribution in [0.2, 0.25) is 5.02 Å². The van der Waals surface area contributed by atoms with Gasteiger partial charge in [-0.15, -0.1) is 0 Å². The third-order valence-electron chi connectivity index (χ3n) is 5.10. The van der Waals surface area contributed by atoms with Crippen LogP contribution in [0.3, 0.4) is 0 Å². The summed E-state index contributed by atoms with van der Waals surface area (Å²) >= 11 is 6.06. The van der Waals surface area contributed by atoms with Crippen LogP contribution >= 0.6 is 11.6 Å². The number of hydrogen-bond acceptors (Lipinski definition) is 4. The number of rotatable bonds is 5. The number of piperazine rings is 1. The van der Waals surface area contributed by atoms with Crippen LogP contribution in [0.15, 0.2) is 48.5 Å². The molecule has 0 spiro atoms. The maximum Gasteiger partial charge on any atom is 0.226 e. The Morgan fingerprint density at radius 2 is 1.83 bits per heavy atom. The molecule has 0 unspecified atom stereocenters. The lowest BCUT2D eigenvalue weighted by molar-refractivity contribution is -0.133. The van der Waals surface area contributed by atoms with Gasteiger partial charge in [-0.05, 0) is 30.3 Å². The van der Waals surface area contributed by atoms with E-state index in [1.807, 2.05) is 53.4 Å². The lowest BCUT2D eigenvalue weighted by Crippen LogP contribution is -2.48. The van der Waals surface area contributed by atoms with Gasteiger partial charge in [-0.1, -0.05) is 29.8 Å². The molecule has 1 fully saturated rings. The van der Waals surface area contributed by atoms with Crippen molar-refractivity contribution < 1.29 is 9.59 Å². The van der Waals surface area contributed by atoms with Crippen LogP contribution in [0.4, 0.5) is 11.5 Å². The van der Waals surface area contributed by atoms with E-state index in [0.29, 0.717) is 23.9 Å². The van der Waals surface area contributed by atoms with Gasteiger partial charge in [0.05, 0.1) is 5.52 Å². The van der Waals surface area contributed by atoms with Gasteiger partial charge in [0.2, 0.25) is 11.8 Å². The highest BCUT2D eigenvalue weighted by Gasteiger charge is 2.22. The quantitative estimate of drug-likeness (QED) is 0.675. The SMILES string of the molecule is O=C(CCC(=O)N1CCN(c2cccc(Cl)c2)CC1)Nc1n[nH]c2ccccc12. The molecule has 2 amide bonds. The number of aromatic amines is 1. The number of aromatic nitrogens is 2. The summed E-state index contributed by atoms with van der Waals surface area (Å²) in [5.41, 5.74) is 1.92. The van der Waals surface area contributed by atoms with Crippen molar-refractivity contribution in [3.05, 3.63) is 53.6 Å². The Bertz CT molecular complexity index is 1030. The first-order chi connectivity index (χ1) is 14.1. The predicted octanol–water partition coefficient (Wildman–Crippen LogP) is 3.28. The summed E-state index contributed by atoms with van der Waals surface area (Å²) in [6, 6.07) is 15.3. The molecule has 1 aliphatic rings. The Morgan fingerprint density at radius 3 is 2.62 bits per heavy atom. The van der Waals surface area contributed by atoms with Crippen molar-refractivity contribution in [1.29, 1.82) is 0 Å². The van der Waals surface area contributed by atoms with E-state index in [1.54, 1.807) is 0 Å². The highest BCUT2D eigenvalue weighted by Crippen LogP contribution is 2.22. The van der Waals surface area contributed by atoms with Crippen molar-refractivity contribution >= 4 is 45.8 Å². The fraction of sp³-hybridized carbons (Fsp3) is 0.286. The van der Waals surface area contributed by atoms with Gasteiger partial charge in [0.25, 0.3) is 0 Å². The Kier molecular flexibility index (Phi) is 5.67. The van der Waals surface area contributed by atoms with Gasteiger partial charge < -0.3 is 15.1 Å². The van der Waals surface area contributed by atoms with Crippen LogP contribution in [0, 0.1) is 0 Å². The maximum absolute atomic E-state index is 12.5. The first-order valence-electron chi connectivity index (χ1n) is 9.61. The average Bonchev–Trinajstić information content (AvgIpc) is 3.15. The van der Waals surface area contributed by atoms with E-state index in [9.17, 15) is 9.59 Å². The number of nitrogens with one attached hydrogen (secondary N) is 2. The Balaban J connectivity index is 1.25. The fourth-order valence-corrected chi connectivity index (χ4v) is 3.70. The molecule has 2 N–H and O–H groups in total. The summed E-state index contributed by atoms with van der Waals surface area (Å²) in [6.07, 6.45) is 0.319. The second-order valence-corrected chi connectivity index (χ2v) is 7.45. The molecule has 4 rings (SSSR count). The van der Waals surface area contributed by atoms with Crippen LogP contribution in [0.25, 0.3) is 10.9 Å². The summed E-state index contributed by atoms with van der Waals surface area (Å²) in [5, 5.41) is 11.3. The van der Waals surface area contributed by atoms with Crippen LogP contribution in [-0.2, 0) is 9.59 Å². The number of hydrogen-bond donors (Lipinski definition) is 2. The van der Waals surface area contributed by atoms with Gasteiger partial charge in [0.1, 0.15) is 0 Å². The second-order valence-electron chi connectivity index (χ2n) is 7.01. The number of H-pyrrole nitrogens is 1. The molecule has 2 heterocycles. The smallest absolute Gasteiger partial charge is 0.226 e. The molecule has 2 aromatic carbocycles. The van der Waals surface area contributed by atoms with E-state index in [-0.39, 0.29) is 24.7 Å². The molecule has 1 aromatic heterocycles. The molecular formula is C21H22ClN5O2. The maximum atomic E-state index is 12.5. The van der Waals surface area contributed by atoms with E-state index >= 15 is 0 Å². The molecule has 0 aliphatic carbocycles. The largest absolute Gasteiger partial charge is 0.368 e. The summed E-state index contributed by atoms with van der Waals surface area (Å²) in [6.45, 7) is 2.77. The number of amides is 2. The highest BCUT2D eigenvalue weighted by molar-refractivity contribution is 6.30. The van der Waals surface area contributed by atoms with Crippen molar-refractivity contribution in [1.82, 2.24) is 15.1 Å². The van der Waals surface area contributed by atoms with Gasteiger partial charge in [-0.25, -0.2) is 0 Å². The monoisotopic (exact) mass is 411 g/mol. The van der Waals surface area contributed by atoms with E-state index in [0.717, 1.165) is 29.7 Å². The van der Waals surface area contributed by atoms with Crippen LogP contribution < -0.4 is 10.2 Å².